The minimum atomic E-state index is -3.80. The van der Waals surface area contributed by atoms with E-state index < -0.39 is 14.9 Å². The van der Waals surface area contributed by atoms with Crippen LogP contribution in [0.4, 0.5) is 5.69 Å². The lowest BCUT2D eigenvalue weighted by molar-refractivity contribution is -0.385. The highest BCUT2D eigenvalue weighted by atomic mass is 32.2. The number of nitrogens with zero attached hydrogens (tertiary/aromatic N) is 1. The molecule has 0 saturated carbocycles. The van der Waals surface area contributed by atoms with Crippen LogP contribution in [-0.4, -0.2) is 32.5 Å². The molecule has 0 radical (unpaired) electrons. The molecule has 1 heterocycles. The summed E-state index contributed by atoms with van der Waals surface area (Å²) in [6, 6.07) is 3.67. The van der Waals surface area contributed by atoms with Crippen molar-refractivity contribution in [1.29, 1.82) is 0 Å². The van der Waals surface area contributed by atoms with Crippen molar-refractivity contribution in [2.75, 3.05) is 13.1 Å². The second kappa shape index (κ2) is 5.94. The number of hydrogen-bond acceptors (Lipinski definition) is 5. The fraction of sp³-hybridized carbons (Fsp3) is 0.571. The number of hydrogen-bond donors (Lipinski definition) is 2. The molecule has 122 valence electrons. The summed E-state index contributed by atoms with van der Waals surface area (Å²) in [5, 5.41) is 14.1. The molecule has 0 spiro atoms. The summed E-state index contributed by atoms with van der Waals surface area (Å²) >= 11 is 0. The van der Waals surface area contributed by atoms with Crippen LogP contribution in [0, 0.1) is 22.5 Å². The highest BCUT2D eigenvalue weighted by Crippen LogP contribution is 2.28. The average Bonchev–Trinajstić information content (AvgIpc) is 2.41. The first-order valence-electron chi connectivity index (χ1n) is 7.11. The van der Waals surface area contributed by atoms with Gasteiger partial charge in [-0.3, -0.25) is 10.1 Å². The Morgan fingerprint density at radius 2 is 2.09 bits per heavy atom. The Balaban J connectivity index is 2.34. The molecule has 1 aliphatic heterocycles. The predicted octanol–water partition coefficient (Wildman–Crippen LogP) is 1.57. The lowest BCUT2D eigenvalue weighted by atomic mass is 9.81. The SMILES string of the molecule is Cc1ccc([N+](=O)[O-])cc1S(=O)(=O)NC1CCNCC1(C)C. The third-order valence-corrected chi connectivity index (χ3v) is 5.72. The molecule has 0 aromatic heterocycles. The number of piperidine rings is 1. The van der Waals surface area contributed by atoms with Gasteiger partial charge in [0.15, 0.2) is 0 Å². The quantitative estimate of drug-likeness (QED) is 0.645. The monoisotopic (exact) mass is 327 g/mol. The van der Waals surface area contributed by atoms with Gasteiger partial charge < -0.3 is 5.32 Å². The Bertz CT molecular complexity index is 685. The molecule has 8 heteroatoms. The van der Waals surface area contributed by atoms with Crippen LogP contribution in [0.5, 0.6) is 0 Å². The largest absolute Gasteiger partial charge is 0.316 e. The minimum Gasteiger partial charge on any atom is -0.316 e. The van der Waals surface area contributed by atoms with E-state index in [-0.39, 0.29) is 22.0 Å². The highest BCUT2D eigenvalue weighted by molar-refractivity contribution is 7.89. The van der Waals surface area contributed by atoms with E-state index in [1.54, 1.807) is 6.92 Å². The van der Waals surface area contributed by atoms with Gasteiger partial charge in [0.1, 0.15) is 0 Å². The fourth-order valence-electron chi connectivity index (χ4n) is 2.63. The van der Waals surface area contributed by atoms with Gasteiger partial charge in [-0.25, -0.2) is 13.1 Å². The molecule has 2 rings (SSSR count). The van der Waals surface area contributed by atoms with Gasteiger partial charge in [0.05, 0.1) is 9.82 Å². The Labute approximate surface area is 130 Å². The molecule has 0 amide bonds. The molecule has 2 N–H and O–H groups in total. The predicted molar refractivity (Wildman–Crippen MR) is 83.2 cm³/mol. The zero-order chi connectivity index (χ0) is 16.5. The lowest BCUT2D eigenvalue weighted by Crippen LogP contribution is -2.54. The Morgan fingerprint density at radius 3 is 2.68 bits per heavy atom. The first-order chi connectivity index (χ1) is 10.1. The summed E-state index contributed by atoms with van der Waals surface area (Å²) < 4.78 is 28.0. The summed E-state index contributed by atoms with van der Waals surface area (Å²) in [4.78, 5) is 10.2. The molecule has 7 nitrogen and oxygen atoms in total. The molecule has 0 bridgehead atoms. The standard InChI is InChI=1S/C14H21N3O4S/c1-10-4-5-11(17(18)19)8-12(10)22(20,21)16-13-6-7-15-9-14(13,2)3/h4-5,8,13,15-16H,6-7,9H2,1-3H3. The second-order valence-electron chi connectivity index (χ2n) is 6.33. The van der Waals surface area contributed by atoms with Crippen LogP contribution in [-0.2, 0) is 10.0 Å². The third kappa shape index (κ3) is 3.45. The van der Waals surface area contributed by atoms with Crippen molar-refractivity contribution < 1.29 is 13.3 Å². The number of non-ortho nitro benzene ring substituents is 1. The van der Waals surface area contributed by atoms with E-state index >= 15 is 0 Å². The normalized spacial score (nSPS) is 21.5. The minimum absolute atomic E-state index is 0.0315. The van der Waals surface area contributed by atoms with E-state index in [1.165, 1.54) is 12.1 Å². The van der Waals surface area contributed by atoms with Gasteiger partial charge in [-0.15, -0.1) is 0 Å². The van der Waals surface area contributed by atoms with Gasteiger partial charge in [-0.1, -0.05) is 19.9 Å². The number of nitrogens with one attached hydrogen (secondary N) is 2. The Hall–Kier alpha value is -1.51. The molecule has 1 fully saturated rings. The molecule has 22 heavy (non-hydrogen) atoms. The molecular weight excluding hydrogens is 306 g/mol. The van der Waals surface area contributed by atoms with Crippen molar-refractivity contribution in [2.24, 2.45) is 5.41 Å². The van der Waals surface area contributed by atoms with E-state index in [9.17, 15) is 18.5 Å². The van der Waals surface area contributed by atoms with Crippen LogP contribution in [0.1, 0.15) is 25.8 Å². The van der Waals surface area contributed by atoms with Crippen molar-refractivity contribution in [3.63, 3.8) is 0 Å². The second-order valence-corrected chi connectivity index (χ2v) is 8.02. The number of rotatable bonds is 4. The topological polar surface area (TPSA) is 101 Å². The van der Waals surface area contributed by atoms with E-state index in [4.69, 9.17) is 0 Å². The number of aryl methyl sites for hydroxylation is 1. The lowest BCUT2D eigenvalue weighted by Gasteiger charge is -2.39. The molecular formula is C14H21N3O4S. The Morgan fingerprint density at radius 1 is 1.41 bits per heavy atom. The summed E-state index contributed by atoms with van der Waals surface area (Å²) in [5.41, 5.74) is 0.0420. The molecule has 0 aliphatic carbocycles. The first kappa shape index (κ1) is 16.9. The van der Waals surface area contributed by atoms with Crippen LogP contribution in [0.3, 0.4) is 0 Å². The van der Waals surface area contributed by atoms with Crippen molar-refractivity contribution in [1.82, 2.24) is 10.0 Å². The number of benzene rings is 1. The van der Waals surface area contributed by atoms with Crippen LogP contribution in [0.25, 0.3) is 0 Å². The summed E-state index contributed by atoms with van der Waals surface area (Å²) in [5.74, 6) is 0. The smallest absolute Gasteiger partial charge is 0.270 e. The van der Waals surface area contributed by atoms with Crippen molar-refractivity contribution >= 4 is 15.7 Å². The van der Waals surface area contributed by atoms with Gasteiger partial charge in [0.25, 0.3) is 5.69 Å². The van der Waals surface area contributed by atoms with Crippen molar-refractivity contribution in [3.05, 3.63) is 33.9 Å². The summed E-state index contributed by atoms with van der Waals surface area (Å²) in [6.07, 6.45) is 0.681. The Kier molecular flexibility index (Phi) is 4.55. The number of nitro groups is 1. The average molecular weight is 327 g/mol. The van der Waals surface area contributed by atoms with Crippen LogP contribution >= 0.6 is 0 Å². The van der Waals surface area contributed by atoms with Crippen LogP contribution in [0.2, 0.25) is 0 Å². The van der Waals surface area contributed by atoms with Gasteiger partial charge in [0, 0.05) is 24.7 Å². The maximum absolute atomic E-state index is 12.6. The van der Waals surface area contributed by atoms with Crippen LogP contribution in [0.15, 0.2) is 23.1 Å². The zero-order valence-electron chi connectivity index (χ0n) is 12.9. The molecule has 1 unspecified atom stereocenters. The number of sulfonamides is 1. The van der Waals surface area contributed by atoms with Crippen molar-refractivity contribution in [3.8, 4) is 0 Å². The molecule has 1 saturated heterocycles. The maximum atomic E-state index is 12.6. The molecule has 1 aliphatic rings. The zero-order valence-corrected chi connectivity index (χ0v) is 13.7. The van der Waals surface area contributed by atoms with Gasteiger partial charge in [0.2, 0.25) is 10.0 Å². The van der Waals surface area contributed by atoms with Crippen molar-refractivity contribution in [2.45, 2.75) is 38.1 Å². The number of nitro benzene ring substituents is 1. The first-order valence-corrected chi connectivity index (χ1v) is 8.60. The van der Waals surface area contributed by atoms with E-state index in [2.05, 4.69) is 10.0 Å². The molecule has 1 aromatic carbocycles. The van der Waals surface area contributed by atoms with E-state index in [1.807, 2.05) is 13.8 Å². The van der Waals surface area contributed by atoms with E-state index in [0.29, 0.717) is 18.5 Å². The summed E-state index contributed by atoms with van der Waals surface area (Å²) in [7, 11) is -3.80. The van der Waals surface area contributed by atoms with Crippen LogP contribution < -0.4 is 10.0 Å². The third-order valence-electron chi connectivity index (χ3n) is 4.10. The molecule has 1 atom stereocenters. The van der Waals surface area contributed by atoms with Gasteiger partial charge in [-0.2, -0.15) is 0 Å². The van der Waals surface area contributed by atoms with Gasteiger partial charge in [-0.05, 0) is 30.9 Å². The summed E-state index contributed by atoms with van der Waals surface area (Å²) in [6.45, 7) is 7.07. The maximum Gasteiger partial charge on any atom is 0.270 e. The molecule has 1 aromatic rings. The highest BCUT2D eigenvalue weighted by Gasteiger charge is 2.35. The van der Waals surface area contributed by atoms with E-state index in [0.717, 1.165) is 12.6 Å². The van der Waals surface area contributed by atoms with Gasteiger partial charge >= 0.3 is 0 Å². The fourth-order valence-corrected chi connectivity index (χ4v) is 4.34.